The third-order valence-electron chi connectivity index (χ3n) is 4.99. The Kier molecular flexibility index (Phi) is 14.2. The average molecular weight is 523 g/mol. The highest BCUT2D eigenvalue weighted by Gasteiger charge is 2.01. The zero-order chi connectivity index (χ0) is 27.1. The largest absolute Gasteiger partial charge is 0.384 e. The van der Waals surface area contributed by atoms with Gasteiger partial charge in [0.1, 0.15) is 5.84 Å². The molecule has 36 heavy (non-hydrogen) atoms. The minimum Gasteiger partial charge on any atom is -0.384 e. The molecular formula is C31H37Cl2N3. The molecule has 0 spiro atoms. The molecule has 0 fully saturated rings. The number of nitrogen functional groups attached to an aromatic ring is 1. The van der Waals surface area contributed by atoms with Gasteiger partial charge in [0.25, 0.3) is 0 Å². The number of hydrogen-bond acceptors (Lipinski definition) is 2. The van der Waals surface area contributed by atoms with Crippen LogP contribution in [0.5, 0.6) is 0 Å². The van der Waals surface area contributed by atoms with Crippen molar-refractivity contribution in [2.24, 2.45) is 11.5 Å². The summed E-state index contributed by atoms with van der Waals surface area (Å²) in [4.78, 5) is 0. The van der Waals surface area contributed by atoms with E-state index < -0.39 is 0 Å². The van der Waals surface area contributed by atoms with E-state index in [0.717, 1.165) is 22.3 Å². The molecule has 190 valence electrons. The summed E-state index contributed by atoms with van der Waals surface area (Å²) in [5, 5.41) is 8.29. The van der Waals surface area contributed by atoms with Crippen molar-refractivity contribution in [1.29, 1.82) is 5.41 Å². The van der Waals surface area contributed by atoms with Crippen molar-refractivity contribution in [3.8, 4) is 11.1 Å². The molecule has 4 rings (SSSR count). The van der Waals surface area contributed by atoms with Gasteiger partial charge >= 0.3 is 0 Å². The maximum atomic E-state index is 7.11. The molecule has 3 nitrogen and oxygen atoms in total. The quantitative estimate of drug-likeness (QED) is 0.186. The first-order valence-electron chi connectivity index (χ1n) is 11.9. The Morgan fingerprint density at radius 1 is 0.667 bits per heavy atom. The van der Waals surface area contributed by atoms with Crippen LogP contribution in [0.2, 0.25) is 10.0 Å². The van der Waals surface area contributed by atoms with E-state index in [4.69, 9.17) is 40.1 Å². The van der Waals surface area contributed by atoms with Crippen LogP contribution < -0.4 is 11.5 Å². The summed E-state index contributed by atoms with van der Waals surface area (Å²) in [6, 6.07) is 29.8. The zero-order valence-corrected chi connectivity index (χ0v) is 23.3. The number of aryl methyl sites for hydroxylation is 3. The first kappa shape index (κ1) is 30.9. The summed E-state index contributed by atoms with van der Waals surface area (Å²) in [5.41, 5.74) is 18.6. The van der Waals surface area contributed by atoms with Crippen molar-refractivity contribution >= 4 is 29.0 Å². The fourth-order valence-electron chi connectivity index (χ4n) is 2.96. The lowest BCUT2D eigenvalue weighted by molar-refractivity contribution is 1.07. The van der Waals surface area contributed by atoms with Gasteiger partial charge < -0.3 is 11.5 Å². The van der Waals surface area contributed by atoms with Crippen molar-refractivity contribution in [1.82, 2.24) is 0 Å². The summed E-state index contributed by atoms with van der Waals surface area (Å²) in [6.07, 6.45) is 0. The molecule has 0 aliphatic rings. The first-order chi connectivity index (χ1) is 17.2. The van der Waals surface area contributed by atoms with Gasteiger partial charge in [-0.15, -0.1) is 0 Å². The third kappa shape index (κ3) is 11.1. The lowest BCUT2D eigenvalue weighted by Gasteiger charge is -2.03. The second-order valence-corrected chi connectivity index (χ2v) is 8.78. The number of rotatable bonds is 3. The van der Waals surface area contributed by atoms with Gasteiger partial charge in [0.05, 0.1) is 10.0 Å². The maximum Gasteiger partial charge on any atom is 0.122 e. The smallest absolute Gasteiger partial charge is 0.122 e. The maximum absolute atomic E-state index is 7.11. The van der Waals surface area contributed by atoms with E-state index in [1.165, 1.54) is 16.7 Å². The predicted octanol–water partition coefficient (Wildman–Crippen LogP) is 8.73. The van der Waals surface area contributed by atoms with E-state index in [-0.39, 0.29) is 5.84 Å². The van der Waals surface area contributed by atoms with E-state index in [1.807, 2.05) is 63.2 Å². The molecule has 0 unspecified atom stereocenters. The second-order valence-electron chi connectivity index (χ2n) is 7.97. The number of nitrogens with two attached hydrogens (primary N) is 2. The Hall–Kier alpha value is -3.11. The van der Waals surface area contributed by atoms with Gasteiger partial charge in [-0.25, -0.2) is 0 Å². The van der Waals surface area contributed by atoms with Crippen molar-refractivity contribution in [2.45, 2.75) is 41.2 Å². The van der Waals surface area contributed by atoms with Gasteiger partial charge in [0, 0.05) is 12.1 Å². The van der Waals surface area contributed by atoms with Crippen molar-refractivity contribution in [2.75, 3.05) is 0 Å². The van der Waals surface area contributed by atoms with E-state index in [9.17, 15) is 0 Å². The van der Waals surface area contributed by atoms with Gasteiger partial charge in [-0.3, -0.25) is 5.41 Å². The molecule has 0 saturated carbocycles. The molecule has 5 N–H and O–H groups in total. The van der Waals surface area contributed by atoms with Crippen LogP contribution in [0.1, 0.15) is 41.7 Å². The van der Waals surface area contributed by atoms with Crippen LogP contribution in [-0.2, 0) is 6.54 Å². The Morgan fingerprint density at radius 3 is 1.64 bits per heavy atom. The normalized spacial score (nSPS) is 9.44. The number of halogens is 2. The Labute approximate surface area is 226 Å². The van der Waals surface area contributed by atoms with Gasteiger partial charge in [-0.05, 0) is 55.7 Å². The monoisotopic (exact) mass is 521 g/mol. The van der Waals surface area contributed by atoms with Crippen LogP contribution in [0.3, 0.4) is 0 Å². The molecule has 0 amide bonds. The van der Waals surface area contributed by atoms with Gasteiger partial charge in [0.2, 0.25) is 0 Å². The van der Waals surface area contributed by atoms with E-state index in [2.05, 4.69) is 62.4 Å². The minimum absolute atomic E-state index is 0.128. The molecule has 0 aliphatic heterocycles. The molecule has 0 aliphatic carbocycles. The molecular weight excluding hydrogens is 485 g/mol. The molecule has 0 bridgehead atoms. The van der Waals surface area contributed by atoms with Crippen LogP contribution >= 0.6 is 23.2 Å². The number of nitrogens with one attached hydrogen (secondary N) is 1. The van der Waals surface area contributed by atoms with Crippen molar-refractivity contribution < 1.29 is 0 Å². The summed E-state index contributed by atoms with van der Waals surface area (Å²) in [5.74, 6) is 0.128. The summed E-state index contributed by atoms with van der Waals surface area (Å²) < 4.78 is 0. The number of hydrogen-bond donors (Lipinski definition) is 3. The summed E-state index contributed by atoms with van der Waals surface area (Å²) in [6.45, 7) is 10.8. The van der Waals surface area contributed by atoms with Crippen LogP contribution in [0.4, 0.5) is 0 Å². The fourth-order valence-corrected chi connectivity index (χ4v) is 3.26. The molecule has 0 atom stereocenters. The van der Waals surface area contributed by atoms with Gasteiger partial charge in [0.15, 0.2) is 0 Å². The Balaban J connectivity index is 0.000000272. The number of benzene rings is 4. The molecule has 0 heterocycles. The second kappa shape index (κ2) is 16.5. The highest BCUT2D eigenvalue weighted by atomic mass is 35.5. The summed E-state index contributed by atoms with van der Waals surface area (Å²) in [7, 11) is 0. The Morgan fingerprint density at radius 2 is 1.19 bits per heavy atom. The zero-order valence-electron chi connectivity index (χ0n) is 21.8. The van der Waals surface area contributed by atoms with Crippen LogP contribution in [0, 0.1) is 26.2 Å². The van der Waals surface area contributed by atoms with Crippen LogP contribution in [-0.4, -0.2) is 5.84 Å². The van der Waals surface area contributed by atoms with E-state index in [0.29, 0.717) is 16.6 Å². The lowest BCUT2D eigenvalue weighted by Crippen LogP contribution is -2.10. The highest BCUT2D eigenvalue weighted by Crippen LogP contribution is 2.28. The van der Waals surface area contributed by atoms with Crippen molar-refractivity contribution in [3.05, 3.63) is 129 Å². The topological polar surface area (TPSA) is 75.9 Å². The van der Waals surface area contributed by atoms with Gasteiger partial charge in [-0.2, -0.15) is 0 Å². The van der Waals surface area contributed by atoms with Crippen molar-refractivity contribution in [3.63, 3.8) is 0 Å². The van der Waals surface area contributed by atoms with Crippen LogP contribution in [0.15, 0.2) is 91.0 Å². The fraction of sp³-hybridized carbons (Fsp3) is 0.194. The average Bonchev–Trinajstić information content (AvgIpc) is 2.89. The Bertz CT molecular complexity index is 1200. The number of amidine groups is 1. The third-order valence-corrected chi connectivity index (χ3v) is 5.73. The first-order valence-corrected chi connectivity index (χ1v) is 12.6. The molecule has 4 aromatic carbocycles. The highest BCUT2D eigenvalue weighted by molar-refractivity contribution is 6.42. The molecule has 5 heteroatoms. The molecule has 4 aromatic rings. The van der Waals surface area contributed by atoms with Crippen LogP contribution in [0.25, 0.3) is 11.1 Å². The molecule has 0 saturated heterocycles. The lowest BCUT2D eigenvalue weighted by atomic mass is 10.0. The summed E-state index contributed by atoms with van der Waals surface area (Å²) >= 11 is 11.8. The van der Waals surface area contributed by atoms with E-state index in [1.54, 1.807) is 0 Å². The van der Waals surface area contributed by atoms with Gasteiger partial charge in [-0.1, -0.05) is 127 Å². The SMILES string of the molecule is CC.Cc1ccc(-c2ccc(Cl)c(Cl)c2)cc1.Cc1ccc(CN)cc1.Cc1cccc(C(=N)N)c1. The standard InChI is InChI=1S/C13H10Cl2.C8H10N2.C8H11N.C2H6/c1-9-2-4-10(5-3-9)11-6-7-12(14)13(15)8-11;1-6-3-2-4-7(5-6)8(9)10;1-7-2-4-8(6-9)5-3-7;1-2/h2-8H,1H3;2-5H,1H3,(H3,9,10);2-5H,6,9H2,1H3;1-2H3. The van der Waals surface area contributed by atoms with E-state index >= 15 is 0 Å². The minimum atomic E-state index is 0.128. The molecule has 0 aromatic heterocycles. The molecule has 0 radical (unpaired) electrons. The predicted molar refractivity (Wildman–Crippen MR) is 159 cm³/mol.